The first-order valence-electron chi connectivity index (χ1n) is 6.50. The van der Waals surface area contributed by atoms with Crippen LogP contribution in [0.4, 0.5) is 0 Å². The highest BCUT2D eigenvalue weighted by Crippen LogP contribution is 2.31. The summed E-state index contributed by atoms with van der Waals surface area (Å²) < 4.78 is 0. The van der Waals surface area contributed by atoms with Crippen LogP contribution < -0.4 is 11.1 Å². The lowest BCUT2D eigenvalue weighted by Crippen LogP contribution is -2.56. The van der Waals surface area contributed by atoms with Crippen molar-refractivity contribution in [2.75, 3.05) is 0 Å². The number of carbonyl (C=O) groups excluding carboxylic acids is 1. The predicted molar refractivity (Wildman–Crippen MR) is 73.2 cm³/mol. The van der Waals surface area contributed by atoms with E-state index in [-0.39, 0.29) is 11.9 Å². The predicted octanol–water partition coefficient (Wildman–Crippen LogP) is 2.23. The molecule has 3 N–H and O–H groups in total. The highest BCUT2D eigenvalue weighted by molar-refractivity contribution is 7.09. The Hall–Kier alpha value is -0.940. The number of nitrogens with two attached hydrogens (primary N) is 1. The summed E-state index contributed by atoms with van der Waals surface area (Å²) in [4.78, 5) is 16.5. The van der Waals surface area contributed by atoms with Gasteiger partial charge in [0.05, 0.1) is 11.6 Å². The van der Waals surface area contributed by atoms with Crippen LogP contribution in [0.5, 0.6) is 0 Å². The van der Waals surface area contributed by atoms with Gasteiger partial charge in [0.25, 0.3) is 0 Å². The van der Waals surface area contributed by atoms with Crippen LogP contribution in [-0.2, 0) is 4.79 Å². The number of hydrogen-bond donors (Lipinski definition) is 2. The van der Waals surface area contributed by atoms with Gasteiger partial charge in [0.15, 0.2) is 0 Å². The molecule has 1 aliphatic carbocycles. The molecule has 1 amide bonds. The Bertz CT molecular complexity index is 406. The first-order chi connectivity index (χ1) is 8.51. The Morgan fingerprint density at radius 2 is 2.50 bits per heavy atom. The molecule has 3 unspecified atom stereocenters. The summed E-state index contributed by atoms with van der Waals surface area (Å²) in [6.45, 7) is 4.12. The van der Waals surface area contributed by atoms with Crippen LogP contribution in [0.25, 0.3) is 0 Å². The van der Waals surface area contributed by atoms with E-state index < -0.39 is 5.54 Å². The number of rotatable bonds is 3. The molecule has 1 fully saturated rings. The Balaban J connectivity index is 1.98. The topological polar surface area (TPSA) is 68.0 Å². The summed E-state index contributed by atoms with van der Waals surface area (Å²) in [7, 11) is 0. The highest BCUT2D eigenvalue weighted by Gasteiger charge is 2.38. The fourth-order valence-corrected chi connectivity index (χ4v) is 3.29. The quantitative estimate of drug-likeness (QED) is 0.882. The molecule has 0 aliphatic heterocycles. The molecule has 1 saturated carbocycles. The van der Waals surface area contributed by atoms with Gasteiger partial charge in [-0.1, -0.05) is 19.8 Å². The molecule has 2 rings (SSSR count). The summed E-state index contributed by atoms with van der Waals surface area (Å²) in [6.07, 6.45) is 5.53. The zero-order valence-electron chi connectivity index (χ0n) is 11.0. The van der Waals surface area contributed by atoms with Crippen molar-refractivity contribution < 1.29 is 4.79 Å². The average molecular weight is 267 g/mol. The molecule has 0 spiro atoms. The minimum absolute atomic E-state index is 0.0308. The van der Waals surface area contributed by atoms with Crippen LogP contribution in [0, 0.1) is 5.92 Å². The van der Waals surface area contributed by atoms with Crippen molar-refractivity contribution in [1.82, 2.24) is 10.3 Å². The molecule has 5 heteroatoms. The minimum atomic E-state index is -0.691. The molecule has 0 aromatic carbocycles. The van der Waals surface area contributed by atoms with E-state index in [9.17, 15) is 4.79 Å². The van der Waals surface area contributed by atoms with E-state index in [0.717, 1.165) is 24.3 Å². The number of thiazole rings is 1. The molecule has 4 nitrogen and oxygen atoms in total. The van der Waals surface area contributed by atoms with Crippen molar-refractivity contribution in [3.63, 3.8) is 0 Å². The van der Waals surface area contributed by atoms with Crippen molar-refractivity contribution in [3.05, 3.63) is 16.6 Å². The number of carbonyl (C=O) groups is 1. The summed E-state index contributed by atoms with van der Waals surface area (Å²) in [5, 5.41) is 5.84. The first kappa shape index (κ1) is 13.5. The summed E-state index contributed by atoms with van der Waals surface area (Å²) in [5.41, 5.74) is 5.57. The standard InChI is InChI=1S/C13H21N3OS/c1-9-4-3-5-13(14,8-9)12(17)16-10(2)11-15-6-7-18-11/h6-7,9-10H,3-5,8,14H2,1-2H3,(H,16,17). The number of hydrogen-bond acceptors (Lipinski definition) is 4. The molecule has 3 atom stereocenters. The minimum Gasteiger partial charge on any atom is -0.346 e. The zero-order valence-corrected chi connectivity index (χ0v) is 11.8. The van der Waals surface area contributed by atoms with Gasteiger partial charge in [-0.05, 0) is 25.7 Å². The third-order valence-electron chi connectivity index (χ3n) is 3.65. The van der Waals surface area contributed by atoms with Crippen molar-refractivity contribution in [1.29, 1.82) is 0 Å². The Labute approximate surface area is 112 Å². The highest BCUT2D eigenvalue weighted by atomic mass is 32.1. The molecule has 0 saturated heterocycles. The third kappa shape index (κ3) is 2.90. The molecule has 18 heavy (non-hydrogen) atoms. The lowest BCUT2D eigenvalue weighted by molar-refractivity contribution is -0.128. The average Bonchev–Trinajstić information content (AvgIpc) is 2.81. The van der Waals surface area contributed by atoms with Gasteiger partial charge in [-0.25, -0.2) is 4.98 Å². The Kier molecular flexibility index (Phi) is 4.02. The molecule has 1 aromatic rings. The number of amides is 1. The molecule has 1 heterocycles. The van der Waals surface area contributed by atoms with Gasteiger partial charge in [-0.2, -0.15) is 0 Å². The van der Waals surface area contributed by atoms with Crippen LogP contribution in [0.2, 0.25) is 0 Å². The second-order valence-electron chi connectivity index (χ2n) is 5.42. The zero-order chi connectivity index (χ0) is 13.2. The second kappa shape index (κ2) is 5.36. The second-order valence-corrected chi connectivity index (χ2v) is 6.35. The van der Waals surface area contributed by atoms with Crippen molar-refractivity contribution in [3.8, 4) is 0 Å². The van der Waals surface area contributed by atoms with Crippen LogP contribution >= 0.6 is 11.3 Å². The van der Waals surface area contributed by atoms with E-state index in [4.69, 9.17) is 5.73 Å². The van der Waals surface area contributed by atoms with Gasteiger partial charge in [0.2, 0.25) is 5.91 Å². The van der Waals surface area contributed by atoms with E-state index in [1.165, 1.54) is 6.42 Å². The molecule has 0 radical (unpaired) electrons. The van der Waals surface area contributed by atoms with Gasteiger partial charge in [-0.15, -0.1) is 11.3 Å². The van der Waals surface area contributed by atoms with Crippen molar-refractivity contribution >= 4 is 17.2 Å². The maximum atomic E-state index is 12.3. The summed E-state index contributed by atoms with van der Waals surface area (Å²) in [5.74, 6) is 0.501. The fraction of sp³-hybridized carbons (Fsp3) is 0.692. The molecular formula is C13H21N3OS. The molecular weight excluding hydrogens is 246 g/mol. The first-order valence-corrected chi connectivity index (χ1v) is 7.38. The van der Waals surface area contributed by atoms with Crippen molar-refractivity contribution in [2.24, 2.45) is 11.7 Å². The third-order valence-corrected chi connectivity index (χ3v) is 4.61. The molecule has 1 aliphatic rings. The van der Waals surface area contributed by atoms with Crippen LogP contribution in [0.3, 0.4) is 0 Å². The Morgan fingerprint density at radius 3 is 3.11 bits per heavy atom. The lowest BCUT2D eigenvalue weighted by atomic mass is 9.76. The van der Waals surface area contributed by atoms with Crippen molar-refractivity contribution in [2.45, 2.75) is 51.1 Å². The van der Waals surface area contributed by atoms with Crippen LogP contribution in [-0.4, -0.2) is 16.4 Å². The molecule has 1 aromatic heterocycles. The van der Waals surface area contributed by atoms with E-state index in [0.29, 0.717) is 5.92 Å². The summed E-state index contributed by atoms with van der Waals surface area (Å²) >= 11 is 1.55. The Morgan fingerprint density at radius 1 is 1.72 bits per heavy atom. The number of nitrogens with one attached hydrogen (secondary N) is 1. The van der Waals surface area contributed by atoms with E-state index in [2.05, 4.69) is 17.2 Å². The molecule has 0 bridgehead atoms. The maximum absolute atomic E-state index is 12.3. The monoisotopic (exact) mass is 267 g/mol. The van der Waals surface area contributed by atoms with Crippen LogP contribution in [0.1, 0.15) is 50.6 Å². The van der Waals surface area contributed by atoms with Gasteiger partial charge in [0.1, 0.15) is 5.01 Å². The maximum Gasteiger partial charge on any atom is 0.240 e. The number of aromatic nitrogens is 1. The van der Waals surface area contributed by atoms with Gasteiger partial charge in [-0.3, -0.25) is 4.79 Å². The van der Waals surface area contributed by atoms with E-state index in [1.54, 1.807) is 17.5 Å². The lowest BCUT2D eigenvalue weighted by Gasteiger charge is -2.36. The SMILES string of the molecule is CC1CCCC(N)(C(=O)NC(C)c2nccs2)C1. The normalized spacial score (nSPS) is 29.8. The fourth-order valence-electron chi connectivity index (χ4n) is 2.65. The van der Waals surface area contributed by atoms with Gasteiger partial charge in [0, 0.05) is 11.6 Å². The van der Waals surface area contributed by atoms with Gasteiger partial charge >= 0.3 is 0 Å². The summed E-state index contributed by atoms with van der Waals surface area (Å²) in [6, 6.07) is -0.0600. The molecule has 100 valence electrons. The van der Waals surface area contributed by atoms with E-state index in [1.807, 2.05) is 12.3 Å². The van der Waals surface area contributed by atoms with Crippen LogP contribution in [0.15, 0.2) is 11.6 Å². The van der Waals surface area contributed by atoms with E-state index >= 15 is 0 Å². The smallest absolute Gasteiger partial charge is 0.240 e. The largest absolute Gasteiger partial charge is 0.346 e. The number of nitrogens with zero attached hydrogens (tertiary/aromatic N) is 1. The van der Waals surface area contributed by atoms with Gasteiger partial charge < -0.3 is 11.1 Å².